The zero-order valence-corrected chi connectivity index (χ0v) is 24.8. The highest BCUT2D eigenvalue weighted by Crippen LogP contribution is 2.14. The van der Waals surface area contributed by atoms with Crippen LogP contribution < -0.4 is 16.0 Å². The first kappa shape index (κ1) is 32.8. The summed E-state index contributed by atoms with van der Waals surface area (Å²) in [7, 11) is 0. The molecule has 0 heterocycles. The Morgan fingerprint density at radius 2 is 1.30 bits per heavy atom. The molecular weight excluding hydrogens is 530 g/mol. The van der Waals surface area contributed by atoms with E-state index in [0.717, 1.165) is 11.1 Å². The number of carbonyl (C=O) groups excluding carboxylic acids is 4. The highest BCUT2D eigenvalue weighted by atomic mass is 35.5. The molecule has 0 fully saturated rings. The van der Waals surface area contributed by atoms with Crippen molar-refractivity contribution in [3.8, 4) is 0 Å². The van der Waals surface area contributed by atoms with Gasteiger partial charge in [0, 0.05) is 6.42 Å². The van der Waals surface area contributed by atoms with Crippen molar-refractivity contribution in [2.75, 3.05) is 5.88 Å². The fraction of sp³-hybridized carbons (Fsp3) is 0.484. The van der Waals surface area contributed by atoms with E-state index in [1.807, 2.05) is 74.5 Å². The summed E-state index contributed by atoms with van der Waals surface area (Å²) in [5, 5.41) is 8.28. The number of aryl methyl sites for hydroxylation is 1. The summed E-state index contributed by atoms with van der Waals surface area (Å²) in [4.78, 5) is 52.0. The number of nitrogens with one attached hydrogen (secondary N) is 3. The lowest BCUT2D eigenvalue weighted by molar-refractivity contribution is -0.158. The van der Waals surface area contributed by atoms with Crippen LogP contribution in [0.25, 0.3) is 0 Å². The van der Waals surface area contributed by atoms with E-state index in [9.17, 15) is 19.2 Å². The van der Waals surface area contributed by atoms with E-state index in [-0.39, 0.29) is 18.2 Å². The van der Waals surface area contributed by atoms with Crippen molar-refractivity contribution in [2.24, 2.45) is 5.92 Å². The Balaban J connectivity index is 2.22. The predicted molar refractivity (Wildman–Crippen MR) is 157 cm³/mol. The Hall–Kier alpha value is -3.39. The SMILES string of the molecule is CC(C)CC(NC(=O)C(CCc1ccccc1)NC(=O)CCl)C(=O)NC(Cc1ccccc1)C(=O)OC(C)(C)C. The van der Waals surface area contributed by atoms with E-state index in [4.69, 9.17) is 16.3 Å². The molecule has 0 aliphatic heterocycles. The highest BCUT2D eigenvalue weighted by molar-refractivity contribution is 6.27. The Morgan fingerprint density at radius 3 is 1.82 bits per heavy atom. The first-order valence-electron chi connectivity index (χ1n) is 13.6. The van der Waals surface area contributed by atoms with Crippen LogP contribution in [-0.2, 0) is 36.8 Å². The zero-order valence-electron chi connectivity index (χ0n) is 24.0. The molecule has 0 aliphatic carbocycles. The topological polar surface area (TPSA) is 114 Å². The number of alkyl halides is 1. The minimum atomic E-state index is -0.953. The molecule has 0 radical (unpaired) electrons. The molecule has 40 heavy (non-hydrogen) atoms. The van der Waals surface area contributed by atoms with Gasteiger partial charge in [-0.05, 0) is 57.1 Å². The Labute approximate surface area is 242 Å². The van der Waals surface area contributed by atoms with E-state index in [2.05, 4.69) is 16.0 Å². The third-order valence-electron chi connectivity index (χ3n) is 5.97. The molecule has 9 heteroatoms. The minimum Gasteiger partial charge on any atom is -0.458 e. The third kappa shape index (κ3) is 12.2. The van der Waals surface area contributed by atoms with Crippen LogP contribution in [0.4, 0.5) is 0 Å². The summed E-state index contributed by atoms with van der Waals surface area (Å²) in [5.74, 6) is -2.26. The fourth-order valence-electron chi connectivity index (χ4n) is 4.12. The van der Waals surface area contributed by atoms with Crippen LogP contribution >= 0.6 is 11.6 Å². The number of carbonyl (C=O) groups is 4. The van der Waals surface area contributed by atoms with E-state index < -0.39 is 47.4 Å². The molecule has 2 aromatic rings. The van der Waals surface area contributed by atoms with Gasteiger partial charge >= 0.3 is 5.97 Å². The monoisotopic (exact) mass is 571 g/mol. The van der Waals surface area contributed by atoms with Crippen LogP contribution in [0.3, 0.4) is 0 Å². The second-order valence-corrected chi connectivity index (χ2v) is 11.5. The van der Waals surface area contributed by atoms with Gasteiger partial charge in [-0.3, -0.25) is 14.4 Å². The van der Waals surface area contributed by atoms with Crippen molar-refractivity contribution in [2.45, 2.75) is 84.0 Å². The molecule has 0 spiro atoms. The van der Waals surface area contributed by atoms with Gasteiger partial charge in [0.1, 0.15) is 29.6 Å². The summed E-state index contributed by atoms with van der Waals surface area (Å²) in [6.45, 7) is 9.16. The van der Waals surface area contributed by atoms with Crippen LogP contribution in [0.1, 0.15) is 58.6 Å². The molecule has 3 amide bonds. The van der Waals surface area contributed by atoms with E-state index in [0.29, 0.717) is 19.3 Å². The average Bonchev–Trinajstić information content (AvgIpc) is 2.89. The molecule has 2 aromatic carbocycles. The molecule has 0 bridgehead atoms. The summed E-state index contributed by atoms with van der Waals surface area (Å²) in [5.41, 5.74) is 1.13. The smallest absolute Gasteiger partial charge is 0.329 e. The van der Waals surface area contributed by atoms with Crippen molar-refractivity contribution in [1.82, 2.24) is 16.0 Å². The fourth-order valence-corrected chi connectivity index (χ4v) is 4.20. The molecular formula is C31H42ClN3O5. The Kier molecular flexibility index (Phi) is 13.1. The second kappa shape index (κ2) is 16.0. The second-order valence-electron chi connectivity index (χ2n) is 11.3. The summed E-state index contributed by atoms with van der Waals surface area (Å²) < 4.78 is 5.58. The molecule has 3 atom stereocenters. The molecule has 2 rings (SSSR count). The van der Waals surface area contributed by atoms with Gasteiger partial charge in [-0.1, -0.05) is 74.5 Å². The van der Waals surface area contributed by atoms with Crippen molar-refractivity contribution in [3.05, 3.63) is 71.8 Å². The lowest BCUT2D eigenvalue weighted by Crippen LogP contribution is -2.57. The first-order valence-corrected chi connectivity index (χ1v) is 14.2. The maximum atomic E-state index is 13.5. The van der Waals surface area contributed by atoms with Gasteiger partial charge in [0.25, 0.3) is 0 Å². The summed E-state index contributed by atoms with van der Waals surface area (Å²) >= 11 is 5.69. The average molecular weight is 572 g/mol. The number of ether oxygens (including phenoxy) is 1. The molecule has 0 saturated carbocycles. The van der Waals surface area contributed by atoms with Gasteiger partial charge in [-0.15, -0.1) is 11.6 Å². The van der Waals surface area contributed by atoms with Gasteiger partial charge in [-0.2, -0.15) is 0 Å². The van der Waals surface area contributed by atoms with Gasteiger partial charge < -0.3 is 20.7 Å². The molecule has 0 aromatic heterocycles. The lowest BCUT2D eigenvalue weighted by atomic mass is 10.00. The lowest BCUT2D eigenvalue weighted by Gasteiger charge is -2.28. The number of rotatable bonds is 14. The number of esters is 1. The minimum absolute atomic E-state index is 0.0605. The van der Waals surface area contributed by atoms with Crippen molar-refractivity contribution in [3.63, 3.8) is 0 Å². The molecule has 8 nitrogen and oxygen atoms in total. The molecule has 218 valence electrons. The van der Waals surface area contributed by atoms with Gasteiger partial charge in [0.05, 0.1) is 0 Å². The molecule has 3 N–H and O–H groups in total. The standard InChI is InChI=1S/C31H42ClN3O5/c1-21(2)18-25(34-28(37)24(33-27(36)20-32)17-16-22-12-8-6-9-13-22)29(38)35-26(30(39)40-31(3,4)5)19-23-14-10-7-11-15-23/h6-15,21,24-26H,16-20H2,1-5H3,(H,33,36)(H,34,37)(H,35,38). The predicted octanol–water partition coefficient (Wildman–Crippen LogP) is 3.94. The molecule has 0 saturated heterocycles. The zero-order chi connectivity index (χ0) is 29.7. The summed E-state index contributed by atoms with van der Waals surface area (Å²) in [6, 6.07) is 16.1. The van der Waals surface area contributed by atoms with Gasteiger partial charge in [0.15, 0.2) is 0 Å². The van der Waals surface area contributed by atoms with Gasteiger partial charge in [0.2, 0.25) is 17.7 Å². The number of hydrogen-bond acceptors (Lipinski definition) is 5. The third-order valence-corrected chi connectivity index (χ3v) is 6.21. The van der Waals surface area contributed by atoms with Crippen LogP contribution in [0.5, 0.6) is 0 Å². The molecule has 0 aliphatic rings. The quantitative estimate of drug-likeness (QED) is 0.235. The number of halogens is 1. The summed E-state index contributed by atoms with van der Waals surface area (Å²) in [6.07, 6.45) is 1.43. The van der Waals surface area contributed by atoms with Crippen LogP contribution in [0.15, 0.2) is 60.7 Å². The number of hydrogen-bond donors (Lipinski definition) is 3. The highest BCUT2D eigenvalue weighted by Gasteiger charge is 2.32. The van der Waals surface area contributed by atoms with E-state index in [1.165, 1.54) is 0 Å². The van der Waals surface area contributed by atoms with Crippen LogP contribution in [0.2, 0.25) is 0 Å². The van der Waals surface area contributed by atoms with Gasteiger partial charge in [-0.25, -0.2) is 4.79 Å². The van der Waals surface area contributed by atoms with Crippen molar-refractivity contribution < 1.29 is 23.9 Å². The maximum Gasteiger partial charge on any atom is 0.329 e. The molecule has 3 unspecified atom stereocenters. The number of benzene rings is 2. The first-order chi connectivity index (χ1) is 18.9. The Morgan fingerprint density at radius 1 is 0.775 bits per heavy atom. The largest absolute Gasteiger partial charge is 0.458 e. The van der Waals surface area contributed by atoms with Crippen LogP contribution in [0, 0.1) is 5.92 Å². The van der Waals surface area contributed by atoms with E-state index >= 15 is 0 Å². The van der Waals surface area contributed by atoms with Crippen molar-refractivity contribution in [1.29, 1.82) is 0 Å². The number of amides is 3. The maximum absolute atomic E-state index is 13.5. The van der Waals surface area contributed by atoms with Crippen molar-refractivity contribution >= 4 is 35.3 Å². The van der Waals surface area contributed by atoms with E-state index in [1.54, 1.807) is 20.8 Å². The Bertz CT molecular complexity index is 1100. The normalized spacial score (nSPS) is 13.6. The van der Waals surface area contributed by atoms with Crippen LogP contribution in [-0.4, -0.2) is 53.3 Å².